The first kappa shape index (κ1) is 36.9. The van der Waals surface area contributed by atoms with Gasteiger partial charge in [0.2, 0.25) is 0 Å². The quantitative estimate of drug-likeness (QED) is 0.104. The third-order valence-corrected chi connectivity index (χ3v) is 16.3. The molecule has 1 aromatic heterocycles. The van der Waals surface area contributed by atoms with Crippen molar-refractivity contribution in [3.8, 4) is 16.8 Å². The van der Waals surface area contributed by atoms with Crippen LogP contribution in [0.15, 0.2) is 224 Å². The maximum absolute atomic E-state index is 15.8. The Morgan fingerprint density at radius 1 is 0.367 bits per heavy atom. The molecule has 10 rings (SSSR count). The van der Waals surface area contributed by atoms with E-state index in [0.29, 0.717) is 11.4 Å². The number of para-hydroxylation sites is 1. The van der Waals surface area contributed by atoms with Crippen molar-refractivity contribution in [1.82, 2.24) is 4.57 Å². The van der Waals surface area contributed by atoms with Gasteiger partial charge in [0.1, 0.15) is 17.5 Å². The zero-order valence-corrected chi connectivity index (χ0v) is 33.4. The molecule has 1 heterocycles. The molecule has 0 spiro atoms. The molecule has 0 atom stereocenters. The summed E-state index contributed by atoms with van der Waals surface area (Å²) in [7, 11) is -2.67. The Labute approximate surface area is 347 Å². The maximum Gasteiger partial charge on any atom is 0.179 e. The van der Waals surface area contributed by atoms with Crippen LogP contribution in [0.3, 0.4) is 0 Å². The van der Waals surface area contributed by atoms with Gasteiger partial charge in [0.25, 0.3) is 0 Å². The minimum Gasteiger partial charge on any atom is -0.309 e. The van der Waals surface area contributed by atoms with E-state index in [2.05, 4.69) is 126 Å². The number of anilines is 3. The van der Waals surface area contributed by atoms with Crippen molar-refractivity contribution < 1.29 is 13.2 Å². The number of nitrogens with zero attached hydrogens (tertiary/aromatic N) is 2. The molecule has 9 aromatic carbocycles. The van der Waals surface area contributed by atoms with Crippen LogP contribution in [0.2, 0.25) is 0 Å². The van der Waals surface area contributed by atoms with Gasteiger partial charge in [0, 0.05) is 33.9 Å². The number of fused-ring (bicyclic) bond motifs is 3. The normalized spacial score (nSPS) is 11.6. The number of halogens is 3. The maximum atomic E-state index is 15.8. The minimum atomic E-state index is -2.67. The van der Waals surface area contributed by atoms with E-state index < -0.39 is 19.7 Å². The second-order valence-electron chi connectivity index (χ2n) is 14.9. The molecule has 0 radical (unpaired) electrons. The van der Waals surface area contributed by atoms with Crippen LogP contribution in [0.5, 0.6) is 0 Å². The van der Waals surface area contributed by atoms with Crippen molar-refractivity contribution in [2.45, 2.75) is 0 Å². The van der Waals surface area contributed by atoms with Gasteiger partial charge < -0.3 is 9.47 Å². The van der Waals surface area contributed by atoms with Gasteiger partial charge in [-0.15, -0.1) is 0 Å². The summed E-state index contributed by atoms with van der Waals surface area (Å²) in [6.07, 6.45) is 0. The van der Waals surface area contributed by atoms with Crippen molar-refractivity contribution in [2.75, 3.05) is 4.90 Å². The van der Waals surface area contributed by atoms with Gasteiger partial charge in [-0.2, -0.15) is 0 Å². The van der Waals surface area contributed by atoms with Crippen molar-refractivity contribution in [1.29, 1.82) is 0 Å². The fraction of sp³-hybridized carbons (Fsp3) is 0. The molecule has 0 aliphatic heterocycles. The Balaban J connectivity index is 1.06. The Morgan fingerprint density at radius 3 is 1.43 bits per heavy atom. The first-order chi connectivity index (χ1) is 29.5. The molecule has 0 aliphatic carbocycles. The third kappa shape index (κ3) is 6.38. The highest BCUT2D eigenvalue weighted by atomic mass is 28.3. The molecule has 288 valence electrons. The number of benzene rings is 9. The van der Waals surface area contributed by atoms with Crippen LogP contribution in [0, 0.1) is 17.5 Å². The predicted octanol–water partition coefficient (Wildman–Crippen LogP) is 11.7. The van der Waals surface area contributed by atoms with Crippen LogP contribution in [-0.4, -0.2) is 12.6 Å². The number of aromatic nitrogens is 1. The van der Waals surface area contributed by atoms with Crippen LogP contribution in [0.4, 0.5) is 30.2 Å². The van der Waals surface area contributed by atoms with Gasteiger partial charge in [-0.25, -0.2) is 13.2 Å². The van der Waals surface area contributed by atoms with Gasteiger partial charge in [0.05, 0.1) is 16.7 Å². The number of hydrogen-bond donors (Lipinski definition) is 0. The zero-order chi connectivity index (χ0) is 40.6. The lowest BCUT2D eigenvalue weighted by molar-refractivity contribution is 0.584. The topological polar surface area (TPSA) is 8.17 Å². The molecular formula is C54H37F3N2Si. The molecule has 6 heteroatoms. The highest BCUT2D eigenvalue weighted by Crippen LogP contribution is 2.41. The van der Waals surface area contributed by atoms with Crippen LogP contribution in [-0.2, 0) is 0 Å². The Hall–Kier alpha value is -7.41. The van der Waals surface area contributed by atoms with Crippen LogP contribution < -0.4 is 25.6 Å². The summed E-state index contributed by atoms with van der Waals surface area (Å²) in [6.45, 7) is 0. The molecule has 0 saturated carbocycles. The van der Waals surface area contributed by atoms with Gasteiger partial charge in [-0.3, -0.25) is 0 Å². The molecule has 0 aliphatic rings. The van der Waals surface area contributed by atoms with E-state index in [9.17, 15) is 8.78 Å². The fourth-order valence-corrected chi connectivity index (χ4v) is 13.6. The molecule has 0 amide bonds. The second-order valence-corrected chi connectivity index (χ2v) is 18.7. The van der Waals surface area contributed by atoms with Crippen molar-refractivity contribution in [2.24, 2.45) is 0 Å². The summed E-state index contributed by atoms with van der Waals surface area (Å²) in [6, 6.07) is 73.7. The average Bonchev–Trinajstić information content (AvgIpc) is 3.63. The molecular weight excluding hydrogens is 762 g/mol. The van der Waals surface area contributed by atoms with Crippen LogP contribution in [0.1, 0.15) is 0 Å². The Bertz CT molecular complexity index is 3000. The van der Waals surface area contributed by atoms with Crippen molar-refractivity contribution in [3.05, 3.63) is 242 Å². The van der Waals surface area contributed by atoms with E-state index in [1.165, 1.54) is 45.0 Å². The summed E-state index contributed by atoms with van der Waals surface area (Å²) >= 11 is 0. The van der Waals surface area contributed by atoms with E-state index in [0.717, 1.165) is 44.7 Å². The number of hydrogen-bond acceptors (Lipinski definition) is 1. The van der Waals surface area contributed by atoms with Crippen LogP contribution >= 0.6 is 0 Å². The SMILES string of the molecule is Fc1ccc(-n2c3ccccc3c3cc(N(c4ccc(-c5ccc([Si](c6ccccc6)(c6ccccc6)c6ccccc6)cc5)cc4)c4ccc(F)cc4F)ccc32)cc1. The van der Waals surface area contributed by atoms with E-state index in [1.54, 1.807) is 12.1 Å². The lowest BCUT2D eigenvalue weighted by Gasteiger charge is -2.34. The highest BCUT2D eigenvalue weighted by molar-refractivity contribution is 7.19. The first-order valence-electron chi connectivity index (χ1n) is 19.9. The molecule has 0 N–H and O–H groups in total. The predicted molar refractivity (Wildman–Crippen MR) is 244 cm³/mol. The molecule has 0 fully saturated rings. The molecule has 10 aromatic rings. The molecule has 2 nitrogen and oxygen atoms in total. The summed E-state index contributed by atoms with van der Waals surface area (Å²) in [5.74, 6) is -1.63. The van der Waals surface area contributed by atoms with Gasteiger partial charge in [-0.1, -0.05) is 146 Å². The van der Waals surface area contributed by atoms with Gasteiger partial charge in [-0.05, 0) is 105 Å². The number of rotatable bonds is 9. The second kappa shape index (κ2) is 15.4. The summed E-state index contributed by atoms with van der Waals surface area (Å²) < 4.78 is 46.2. The molecule has 0 saturated heterocycles. The lowest BCUT2D eigenvalue weighted by Crippen LogP contribution is -2.74. The van der Waals surface area contributed by atoms with Crippen molar-refractivity contribution >= 4 is 67.7 Å². The fourth-order valence-electron chi connectivity index (χ4n) is 8.84. The smallest absolute Gasteiger partial charge is 0.179 e. The zero-order valence-electron chi connectivity index (χ0n) is 32.4. The minimum absolute atomic E-state index is 0.221. The van der Waals surface area contributed by atoms with E-state index in [4.69, 9.17) is 0 Å². The van der Waals surface area contributed by atoms with Gasteiger partial charge >= 0.3 is 0 Å². The van der Waals surface area contributed by atoms with E-state index in [1.807, 2.05) is 65.6 Å². The average molecular weight is 799 g/mol. The monoisotopic (exact) mass is 798 g/mol. The Kier molecular flexibility index (Phi) is 9.47. The molecule has 0 unspecified atom stereocenters. The lowest BCUT2D eigenvalue weighted by atomic mass is 10.0. The molecule has 60 heavy (non-hydrogen) atoms. The third-order valence-electron chi connectivity index (χ3n) is 11.5. The first-order valence-corrected chi connectivity index (χ1v) is 21.9. The van der Waals surface area contributed by atoms with Gasteiger partial charge in [0.15, 0.2) is 8.07 Å². The van der Waals surface area contributed by atoms with Crippen LogP contribution in [0.25, 0.3) is 38.6 Å². The largest absolute Gasteiger partial charge is 0.309 e. The molecule has 0 bridgehead atoms. The summed E-state index contributed by atoms with van der Waals surface area (Å²) in [5.41, 5.74) is 6.41. The van der Waals surface area contributed by atoms with E-state index >= 15 is 4.39 Å². The standard InChI is InChI=1S/C54H37F3N2Si/c55-40-24-29-43(30-25-40)59-52-19-11-10-18-49(52)50-37-44(31-35-53(50)59)58(54-34-26-41(56)36-51(54)57)42-27-20-38(21-28-42)39-22-32-48(33-23-39)60(45-12-4-1-5-13-45,46-14-6-2-7-15-46)47-16-8-3-9-17-47/h1-37H. The summed E-state index contributed by atoms with van der Waals surface area (Å²) in [4.78, 5) is 1.82. The highest BCUT2D eigenvalue weighted by Gasteiger charge is 2.41. The summed E-state index contributed by atoms with van der Waals surface area (Å²) in [5, 5.41) is 7.15. The Morgan fingerprint density at radius 2 is 0.850 bits per heavy atom. The van der Waals surface area contributed by atoms with Crippen molar-refractivity contribution in [3.63, 3.8) is 0 Å². The van der Waals surface area contributed by atoms with E-state index in [-0.39, 0.29) is 11.5 Å².